The van der Waals surface area contributed by atoms with E-state index in [1.807, 2.05) is 0 Å². The van der Waals surface area contributed by atoms with Crippen LogP contribution in [0, 0.1) is 5.41 Å². The topological polar surface area (TPSA) is 133 Å². The largest absolute Gasteiger partial charge is 0.759 e. The van der Waals surface area contributed by atoms with E-state index in [1.54, 1.807) is 14.1 Å². The van der Waals surface area contributed by atoms with Gasteiger partial charge in [0.15, 0.2) is 5.96 Å². The molecule has 8 heteroatoms. The summed E-state index contributed by atoms with van der Waals surface area (Å²) in [6, 6.07) is 0. The van der Waals surface area contributed by atoms with Crippen LogP contribution < -0.4 is 5.73 Å². The average Bonchev–Trinajstić information content (AvgIpc) is 1.59. The number of nitrogens with zero attached hydrogens (tertiary/aromatic N) is 1. The minimum atomic E-state index is -5.17. The van der Waals surface area contributed by atoms with Crippen molar-refractivity contribution in [2.45, 2.75) is 0 Å². The van der Waals surface area contributed by atoms with E-state index < -0.39 is 10.4 Å². The normalized spacial score (nSPS) is 9.45. The van der Waals surface area contributed by atoms with Crippen LogP contribution in [0.2, 0.25) is 0 Å². The molecule has 0 aromatic carbocycles. The highest BCUT2D eigenvalue weighted by Crippen LogP contribution is 1.62. The highest BCUT2D eigenvalue weighted by atomic mass is 32.3. The van der Waals surface area contributed by atoms with Gasteiger partial charge in [-0.2, -0.15) is 0 Å². The molecule has 0 saturated carbocycles. The molecule has 0 spiro atoms. The summed E-state index contributed by atoms with van der Waals surface area (Å²) in [7, 11) is -1.72. The molecule has 0 atom stereocenters. The van der Waals surface area contributed by atoms with Gasteiger partial charge < -0.3 is 19.7 Å². The second kappa shape index (κ2) is 4.88. The SMILES string of the molecule is CN(C)C(=N)N.O=S(=O)([O-])[O-]. The number of nitrogens with one attached hydrogen (secondary N) is 1. The molecule has 0 unspecified atom stereocenters. The summed E-state index contributed by atoms with van der Waals surface area (Å²) in [4.78, 5) is 1.53. The minimum absolute atomic E-state index is 0.0926. The van der Waals surface area contributed by atoms with Gasteiger partial charge in [0.1, 0.15) is 0 Å². The summed E-state index contributed by atoms with van der Waals surface area (Å²) < 4.78 is 34.1. The van der Waals surface area contributed by atoms with Crippen molar-refractivity contribution >= 4 is 16.4 Å². The van der Waals surface area contributed by atoms with Gasteiger partial charge in [0, 0.05) is 24.5 Å². The van der Waals surface area contributed by atoms with Gasteiger partial charge in [0.05, 0.1) is 0 Å². The zero-order valence-electron chi connectivity index (χ0n) is 6.07. The van der Waals surface area contributed by atoms with Crippen LogP contribution >= 0.6 is 0 Å². The van der Waals surface area contributed by atoms with Crippen molar-refractivity contribution in [3.63, 3.8) is 0 Å². The zero-order valence-corrected chi connectivity index (χ0v) is 6.88. The summed E-state index contributed by atoms with van der Waals surface area (Å²) in [5, 5.41) is 6.65. The van der Waals surface area contributed by atoms with Crippen molar-refractivity contribution in [2.24, 2.45) is 5.73 Å². The maximum Gasteiger partial charge on any atom is 0.187 e. The van der Waals surface area contributed by atoms with Gasteiger partial charge in [-0.3, -0.25) is 13.8 Å². The number of hydrogen-bond donors (Lipinski definition) is 2. The predicted molar refractivity (Wildman–Crippen MR) is 36.1 cm³/mol. The van der Waals surface area contributed by atoms with Crippen molar-refractivity contribution in [2.75, 3.05) is 14.1 Å². The molecular weight excluding hydrogens is 174 g/mol. The van der Waals surface area contributed by atoms with Gasteiger partial charge in [-0.15, -0.1) is 0 Å². The van der Waals surface area contributed by atoms with Gasteiger partial charge in [0.25, 0.3) is 0 Å². The lowest BCUT2D eigenvalue weighted by Gasteiger charge is -2.06. The second-order valence-electron chi connectivity index (χ2n) is 1.69. The molecule has 0 aliphatic rings. The smallest absolute Gasteiger partial charge is 0.187 e. The second-order valence-corrected chi connectivity index (χ2v) is 2.50. The lowest BCUT2D eigenvalue weighted by atomic mass is 10.8. The monoisotopic (exact) mass is 183 g/mol. The van der Waals surface area contributed by atoms with Crippen LogP contribution in [-0.4, -0.2) is 42.5 Å². The van der Waals surface area contributed by atoms with Crippen LogP contribution in [0.15, 0.2) is 0 Å². The van der Waals surface area contributed by atoms with Crippen molar-refractivity contribution in [1.29, 1.82) is 5.41 Å². The minimum Gasteiger partial charge on any atom is -0.759 e. The highest BCUT2D eigenvalue weighted by Gasteiger charge is 1.82. The Morgan fingerprint density at radius 3 is 1.55 bits per heavy atom. The molecule has 7 nitrogen and oxygen atoms in total. The maximum absolute atomic E-state index is 8.52. The number of rotatable bonds is 0. The molecule has 0 aliphatic heterocycles. The molecule has 0 aromatic heterocycles. The summed E-state index contributed by atoms with van der Waals surface area (Å²) in [5.41, 5.74) is 4.94. The Balaban J connectivity index is 0. The molecule has 0 aliphatic carbocycles. The summed E-state index contributed by atoms with van der Waals surface area (Å²) in [5.74, 6) is 0.0926. The Bertz CT molecular complexity index is 201. The molecule has 0 rings (SSSR count). The predicted octanol–water partition coefficient (Wildman–Crippen LogP) is -1.90. The van der Waals surface area contributed by atoms with Crippen LogP contribution in [0.4, 0.5) is 0 Å². The Morgan fingerprint density at radius 2 is 1.55 bits per heavy atom. The van der Waals surface area contributed by atoms with Crippen molar-refractivity contribution in [3.05, 3.63) is 0 Å². The lowest BCUT2D eigenvalue weighted by molar-refractivity contribution is 0.352. The Morgan fingerprint density at radius 1 is 1.45 bits per heavy atom. The molecule has 3 N–H and O–H groups in total. The molecule has 0 saturated heterocycles. The summed E-state index contributed by atoms with van der Waals surface area (Å²) >= 11 is 0. The van der Waals surface area contributed by atoms with Gasteiger partial charge >= 0.3 is 0 Å². The quantitative estimate of drug-likeness (QED) is 0.195. The van der Waals surface area contributed by atoms with Crippen LogP contribution in [0.5, 0.6) is 0 Å². The average molecular weight is 183 g/mol. The van der Waals surface area contributed by atoms with Crippen LogP contribution in [-0.2, 0) is 10.4 Å². The van der Waals surface area contributed by atoms with E-state index >= 15 is 0 Å². The first-order valence-corrected chi connectivity index (χ1v) is 3.66. The summed E-state index contributed by atoms with van der Waals surface area (Å²) in [6.45, 7) is 0. The molecule has 0 radical (unpaired) electrons. The molecule has 0 amide bonds. The first-order chi connectivity index (χ1) is 4.64. The first kappa shape index (κ1) is 12.8. The van der Waals surface area contributed by atoms with E-state index in [0.29, 0.717) is 0 Å². The van der Waals surface area contributed by atoms with Gasteiger partial charge in [-0.05, 0) is 0 Å². The van der Waals surface area contributed by atoms with Crippen molar-refractivity contribution < 1.29 is 17.5 Å². The van der Waals surface area contributed by atoms with E-state index in [9.17, 15) is 0 Å². The van der Waals surface area contributed by atoms with E-state index in [4.69, 9.17) is 28.7 Å². The van der Waals surface area contributed by atoms with Crippen LogP contribution in [0.3, 0.4) is 0 Å². The Kier molecular flexibility index (Phi) is 5.67. The van der Waals surface area contributed by atoms with E-state index in [2.05, 4.69) is 0 Å². The maximum atomic E-state index is 8.52. The number of hydrogen-bond acceptors (Lipinski definition) is 5. The van der Waals surface area contributed by atoms with E-state index in [0.717, 1.165) is 0 Å². The third-order valence-corrected chi connectivity index (χ3v) is 0.482. The number of guanidine groups is 1. The van der Waals surface area contributed by atoms with Gasteiger partial charge in [-0.25, -0.2) is 0 Å². The van der Waals surface area contributed by atoms with E-state index in [1.165, 1.54) is 4.90 Å². The fourth-order valence-electron chi connectivity index (χ4n) is 0. The Labute approximate surface area is 64.9 Å². The summed E-state index contributed by atoms with van der Waals surface area (Å²) in [6.07, 6.45) is 0. The molecule has 11 heavy (non-hydrogen) atoms. The highest BCUT2D eigenvalue weighted by molar-refractivity contribution is 7.79. The first-order valence-electron chi connectivity index (χ1n) is 2.32. The number of nitrogens with two attached hydrogens (primary N) is 1. The molecular formula is C3H9N3O4S-2. The van der Waals surface area contributed by atoms with Crippen molar-refractivity contribution in [3.8, 4) is 0 Å². The van der Waals surface area contributed by atoms with Crippen LogP contribution in [0.25, 0.3) is 0 Å². The van der Waals surface area contributed by atoms with Crippen LogP contribution in [0.1, 0.15) is 0 Å². The standard InChI is InChI=1S/C3H9N3.H2O4S/c1-6(2)3(4)5;1-5(2,3)4/h1-2H3,(H3,4,5);(H2,1,2,3,4)/p-2. The van der Waals surface area contributed by atoms with Crippen molar-refractivity contribution in [1.82, 2.24) is 4.90 Å². The molecule has 68 valence electrons. The molecule has 0 fully saturated rings. The van der Waals surface area contributed by atoms with Gasteiger partial charge in [0.2, 0.25) is 0 Å². The fourth-order valence-corrected chi connectivity index (χ4v) is 0. The zero-order chi connectivity index (χ0) is 9.65. The van der Waals surface area contributed by atoms with E-state index in [-0.39, 0.29) is 5.96 Å². The lowest BCUT2D eigenvalue weighted by Crippen LogP contribution is -2.28. The molecule has 0 aromatic rings. The molecule has 0 heterocycles. The molecule has 0 bridgehead atoms. The third-order valence-electron chi connectivity index (χ3n) is 0.482. The third kappa shape index (κ3) is 47.3. The fraction of sp³-hybridized carbons (Fsp3) is 0.667. The Hall–Kier alpha value is -0.860. The van der Waals surface area contributed by atoms with Gasteiger partial charge in [-0.1, -0.05) is 0 Å².